The number of aryl methyl sites for hydroxylation is 1. The summed E-state index contributed by atoms with van der Waals surface area (Å²) in [7, 11) is -3.54. The Morgan fingerprint density at radius 3 is 2.48 bits per heavy atom. The number of hydrogen-bond donors (Lipinski definition) is 2. The fourth-order valence-electron chi connectivity index (χ4n) is 3.38. The van der Waals surface area contributed by atoms with Crippen molar-refractivity contribution in [3.05, 3.63) is 53.6 Å². The van der Waals surface area contributed by atoms with Crippen molar-refractivity contribution in [1.29, 1.82) is 0 Å². The van der Waals surface area contributed by atoms with E-state index in [0.717, 1.165) is 16.8 Å². The maximum Gasteiger partial charge on any atom is 0.240 e. The van der Waals surface area contributed by atoms with Crippen molar-refractivity contribution >= 4 is 33.2 Å². The monoisotopic (exact) mass is 415 g/mol. The fraction of sp³-hybridized carbons (Fsp3) is 0.333. The summed E-state index contributed by atoms with van der Waals surface area (Å²) in [4.78, 5) is 26.9. The van der Waals surface area contributed by atoms with E-state index in [0.29, 0.717) is 18.8 Å². The summed E-state index contributed by atoms with van der Waals surface area (Å²) in [6.07, 6.45) is 0.145. The summed E-state index contributed by atoms with van der Waals surface area (Å²) >= 11 is 0. The molecule has 0 radical (unpaired) electrons. The van der Waals surface area contributed by atoms with Crippen LogP contribution >= 0.6 is 0 Å². The topological polar surface area (TPSA) is 95.6 Å². The largest absolute Gasteiger partial charge is 0.326 e. The molecule has 1 fully saturated rings. The van der Waals surface area contributed by atoms with Gasteiger partial charge in [-0.15, -0.1) is 0 Å². The number of amides is 2. The zero-order valence-electron chi connectivity index (χ0n) is 16.7. The van der Waals surface area contributed by atoms with Crippen LogP contribution in [-0.2, 0) is 19.6 Å². The van der Waals surface area contributed by atoms with Crippen molar-refractivity contribution in [2.24, 2.45) is 5.92 Å². The van der Waals surface area contributed by atoms with Crippen LogP contribution in [0.1, 0.15) is 24.5 Å². The molecule has 2 aromatic carbocycles. The van der Waals surface area contributed by atoms with Gasteiger partial charge < -0.3 is 10.2 Å². The second-order valence-corrected chi connectivity index (χ2v) is 8.91. The van der Waals surface area contributed by atoms with Crippen LogP contribution in [0.25, 0.3) is 0 Å². The molecular formula is C21H25N3O4S. The molecule has 3 rings (SSSR count). The first-order chi connectivity index (χ1) is 13.7. The number of anilines is 2. The Labute approximate surface area is 171 Å². The number of nitrogens with one attached hydrogen (secondary N) is 2. The van der Waals surface area contributed by atoms with E-state index in [4.69, 9.17) is 0 Å². The minimum Gasteiger partial charge on any atom is -0.326 e. The minimum absolute atomic E-state index is 0.0778. The van der Waals surface area contributed by atoms with Gasteiger partial charge in [0.1, 0.15) is 0 Å². The van der Waals surface area contributed by atoms with Gasteiger partial charge in [0.15, 0.2) is 0 Å². The SMILES string of the molecule is CCNS(=O)(=O)c1ccc(NC(=O)[C@H]2CC(=O)N(c3cccc(C)c3C)C2)cc1. The molecule has 0 unspecified atom stereocenters. The average molecular weight is 416 g/mol. The Hall–Kier alpha value is -2.71. The molecule has 1 aliphatic heterocycles. The van der Waals surface area contributed by atoms with Gasteiger partial charge in [-0.2, -0.15) is 0 Å². The van der Waals surface area contributed by atoms with Gasteiger partial charge in [0.05, 0.1) is 10.8 Å². The van der Waals surface area contributed by atoms with E-state index in [1.165, 1.54) is 12.1 Å². The molecule has 0 bridgehead atoms. The molecule has 154 valence electrons. The molecule has 1 saturated heterocycles. The van der Waals surface area contributed by atoms with E-state index in [1.54, 1.807) is 24.0 Å². The molecule has 29 heavy (non-hydrogen) atoms. The van der Waals surface area contributed by atoms with Gasteiger partial charge in [-0.1, -0.05) is 19.1 Å². The highest BCUT2D eigenvalue weighted by Gasteiger charge is 2.35. The second kappa shape index (κ2) is 8.34. The standard InChI is InChI=1S/C21H25N3O4S/c1-4-22-29(27,28)18-10-8-17(9-11-18)23-21(26)16-12-20(25)24(13-16)19-7-5-6-14(2)15(19)3/h5-11,16,22H,4,12-13H2,1-3H3,(H,23,26)/t16-/m0/s1. The summed E-state index contributed by atoms with van der Waals surface area (Å²) in [5.74, 6) is -0.799. The summed E-state index contributed by atoms with van der Waals surface area (Å²) in [5.41, 5.74) is 3.45. The Bertz CT molecular complexity index is 1030. The average Bonchev–Trinajstić information content (AvgIpc) is 3.06. The highest BCUT2D eigenvalue weighted by atomic mass is 32.2. The molecule has 2 aromatic rings. The normalized spacial score (nSPS) is 16.9. The third-order valence-corrected chi connectivity index (χ3v) is 6.69. The van der Waals surface area contributed by atoms with Crippen LogP contribution in [0.3, 0.4) is 0 Å². The summed E-state index contributed by atoms with van der Waals surface area (Å²) in [6.45, 7) is 6.28. The smallest absolute Gasteiger partial charge is 0.240 e. The summed E-state index contributed by atoms with van der Waals surface area (Å²) < 4.78 is 26.4. The number of sulfonamides is 1. The molecule has 0 aromatic heterocycles. The van der Waals surface area contributed by atoms with E-state index >= 15 is 0 Å². The predicted molar refractivity (Wildman–Crippen MR) is 112 cm³/mol. The summed E-state index contributed by atoms with van der Waals surface area (Å²) in [6, 6.07) is 11.8. The molecule has 1 atom stereocenters. The van der Waals surface area contributed by atoms with Crippen LogP contribution in [0.5, 0.6) is 0 Å². The number of benzene rings is 2. The lowest BCUT2D eigenvalue weighted by atomic mass is 10.1. The van der Waals surface area contributed by atoms with Crippen LogP contribution in [0.4, 0.5) is 11.4 Å². The number of nitrogens with zero attached hydrogens (tertiary/aromatic N) is 1. The lowest BCUT2D eigenvalue weighted by molar-refractivity contribution is -0.122. The first-order valence-electron chi connectivity index (χ1n) is 9.50. The highest BCUT2D eigenvalue weighted by molar-refractivity contribution is 7.89. The zero-order valence-corrected chi connectivity index (χ0v) is 17.5. The van der Waals surface area contributed by atoms with Crippen LogP contribution in [0.15, 0.2) is 47.4 Å². The van der Waals surface area contributed by atoms with Gasteiger partial charge in [0, 0.05) is 30.9 Å². The maximum absolute atomic E-state index is 12.7. The van der Waals surface area contributed by atoms with Crippen molar-refractivity contribution < 1.29 is 18.0 Å². The van der Waals surface area contributed by atoms with Gasteiger partial charge in [-0.25, -0.2) is 13.1 Å². The predicted octanol–water partition coefficient (Wildman–Crippen LogP) is 2.59. The highest BCUT2D eigenvalue weighted by Crippen LogP contribution is 2.30. The van der Waals surface area contributed by atoms with Crippen molar-refractivity contribution in [1.82, 2.24) is 4.72 Å². The minimum atomic E-state index is -3.54. The lowest BCUT2D eigenvalue weighted by Gasteiger charge is -2.20. The van der Waals surface area contributed by atoms with Crippen LogP contribution in [0.2, 0.25) is 0 Å². The number of carbonyl (C=O) groups is 2. The number of carbonyl (C=O) groups excluding carboxylic acids is 2. The van der Waals surface area contributed by atoms with Crippen molar-refractivity contribution in [2.75, 3.05) is 23.3 Å². The first-order valence-corrected chi connectivity index (χ1v) is 11.0. The van der Waals surface area contributed by atoms with E-state index in [1.807, 2.05) is 32.0 Å². The fourth-order valence-corrected chi connectivity index (χ4v) is 4.42. The first kappa shape index (κ1) is 21.0. The summed E-state index contributed by atoms with van der Waals surface area (Å²) in [5, 5.41) is 2.78. The van der Waals surface area contributed by atoms with Crippen molar-refractivity contribution in [3.8, 4) is 0 Å². The second-order valence-electron chi connectivity index (χ2n) is 7.14. The van der Waals surface area contributed by atoms with E-state index in [2.05, 4.69) is 10.0 Å². The van der Waals surface area contributed by atoms with Crippen LogP contribution in [0, 0.1) is 19.8 Å². The van der Waals surface area contributed by atoms with Gasteiger partial charge in [-0.05, 0) is 55.3 Å². The van der Waals surface area contributed by atoms with Gasteiger partial charge in [0.25, 0.3) is 0 Å². The Morgan fingerprint density at radius 2 is 1.83 bits per heavy atom. The number of rotatable bonds is 6. The van der Waals surface area contributed by atoms with Gasteiger partial charge in [0.2, 0.25) is 21.8 Å². The Morgan fingerprint density at radius 1 is 1.14 bits per heavy atom. The Kier molecular flexibility index (Phi) is 6.04. The third kappa shape index (κ3) is 4.49. The zero-order chi connectivity index (χ0) is 21.2. The lowest BCUT2D eigenvalue weighted by Crippen LogP contribution is -2.28. The van der Waals surface area contributed by atoms with Crippen LogP contribution < -0.4 is 14.9 Å². The van der Waals surface area contributed by atoms with Crippen LogP contribution in [-0.4, -0.2) is 33.3 Å². The van der Waals surface area contributed by atoms with Gasteiger partial charge >= 0.3 is 0 Å². The molecule has 2 N–H and O–H groups in total. The van der Waals surface area contributed by atoms with Crippen molar-refractivity contribution in [3.63, 3.8) is 0 Å². The molecular weight excluding hydrogens is 390 g/mol. The van der Waals surface area contributed by atoms with Crippen molar-refractivity contribution in [2.45, 2.75) is 32.1 Å². The molecule has 1 heterocycles. The molecule has 0 spiro atoms. The quantitative estimate of drug-likeness (QED) is 0.758. The van der Waals surface area contributed by atoms with Gasteiger partial charge in [-0.3, -0.25) is 9.59 Å². The molecule has 0 saturated carbocycles. The molecule has 7 nitrogen and oxygen atoms in total. The van der Waals surface area contributed by atoms with E-state index < -0.39 is 15.9 Å². The molecule has 1 aliphatic rings. The number of hydrogen-bond acceptors (Lipinski definition) is 4. The van der Waals surface area contributed by atoms with E-state index in [9.17, 15) is 18.0 Å². The van der Waals surface area contributed by atoms with E-state index in [-0.39, 0.29) is 23.1 Å². The molecule has 2 amide bonds. The molecule has 8 heteroatoms. The third-order valence-electron chi connectivity index (χ3n) is 5.13. The molecule has 0 aliphatic carbocycles. The maximum atomic E-state index is 12.7. The Balaban J connectivity index is 1.69.